The lowest BCUT2D eigenvalue weighted by Crippen LogP contribution is -2.19. The summed E-state index contributed by atoms with van der Waals surface area (Å²) in [6.45, 7) is 2.29. The Labute approximate surface area is 164 Å². The van der Waals surface area contributed by atoms with Crippen LogP contribution in [0, 0.1) is 11.7 Å². The number of halogens is 1. The smallest absolute Gasteiger partial charge is 0.123 e. The van der Waals surface area contributed by atoms with Gasteiger partial charge in [-0.3, -0.25) is 4.98 Å². The highest BCUT2D eigenvalue weighted by atomic mass is 19.1. The fourth-order valence-electron chi connectivity index (χ4n) is 4.84. The van der Waals surface area contributed by atoms with Crippen LogP contribution in [0.15, 0.2) is 54.7 Å². The van der Waals surface area contributed by atoms with Crippen LogP contribution in [-0.2, 0) is 0 Å². The molecule has 2 aromatic carbocycles. The van der Waals surface area contributed by atoms with Gasteiger partial charge in [-0.15, -0.1) is 0 Å². The summed E-state index contributed by atoms with van der Waals surface area (Å²) in [5.74, 6) is 2.43. The number of H-pyrrole nitrogens is 1. The van der Waals surface area contributed by atoms with Gasteiger partial charge in [0.05, 0.1) is 16.6 Å². The number of pyridine rings is 1. The van der Waals surface area contributed by atoms with Gasteiger partial charge in [0.2, 0.25) is 0 Å². The predicted octanol–water partition coefficient (Wildman–Crippen LogP) is 6.33. The Kier molecular flexibility index (Phi) is 4.34. The van der Waals surface area contributed by atoms with E-state index in [1.54, 1.807) is 12.1 Å². The molecule has 0 radical (unpaired) electrons. The molecular weight excluding hydrogens is 349 g/mol. The number of aromatic nitrogens is 3. The molecule has 1 atom stereocenters. The van der Waals surface area contributed by atoms with E-state index < -0.39 is 0 Å². The minimum atomic E-state index is -0.186. The summed E-state index contributed by atoms with van der Waals surface area (Å²) in [4.78, 5) is 12.7. The Morgan fingerprint density at radius 3 is 2.64 bits per heavy atom. The molecule has 0 unspecified atom stereocenters. The summed E-state index contributed by atoms with van der Waals surface area (Å²) in [5.41, 5.74) is 4.29. The summed E-state index contributed by atoms with van der Waals surface area (Å²) in [5, 5.41) is 0.969. The molecule has 0 bridgehead atoms. The van der Waals surface area contributed by atoms with E-state index >= 15 is 0 Å². The molecule has 28 heavy (non-hydrogen) atoms. The largest absolute Gasteiger partial charge is 0.342 e. The van der Waals surface area contributed by atoms with E-state index in [0.717, 1.165) is 40.6 Å². The minimum absolute atomic E-state index is 0.186. The Hall–Kier alpha value is -2.75. The molecule has 0 saturated heterocycles. The molecule has 142 valence electrons. The molecule has 2 aromatic heterocycles. The molecule has 1 saturated carbocycles. The monoisotopic (exact) mass is 373 g/mol. The van der Waals surface area contributed by atoms with E-state index in [0.29, 0.717) is 17.8 Å². The second-order valence-electron chi connectivity index (χ2n) is 8.10. The van der Waals surface area contributed by atoms with Crippen molar-refractivity contribution in [2.45, 2.75) is 44.4 Å². The van der Waals surface area contributed by atoms with Crippen molar-refractivity contribution < 1.29 is 4.39 Å². The van der Waals surface area contributed by atoms with Crippen LogP contribution in [0.25, 0.3) is 21.9 Å². The van der Waals surface area contributed by atoms with Crippen molar-refractivity contribution in [3.8, 4) is 0 Å². The zero-order chi connectivity index (χ0) is 19.1. The maximum absolute atomic E-state index is 13.8. The fourth-order valence-corrected chi connectivity index (χ4v) is 4.84. The summed E-state index contributed by atoms with van der Waals surface area (Å²) in [7, 11) is 0. The van der Waals surface area contributed by atoms with E-state index in [2.05, 4.69) is 35.1 Å². The molecule has 0 aliphatic heterocycles. The number of aromatic amines is 1. The van der Waals surface area contributed by atoms with Crippen LogP contribution in [-0.4, -0.2) is 15.0 Å². The molecule has 1 aliphatic rings. The summed E-state index contributed by atoms with van der Waals surface area (Å²) >= 11 is 0. The van der Waals surface area contributed by atoms with Gasteiger partial charge in [-0.1, -0.05) is 19.1 Å². The van der Waals surface area contributed by atoms with Gasteiger partial charge in [0.1, 0.15) is 11.6 Å². The van der Waals surface area contributed by atoms with Crippen LogP contribution in [0.4, 0.5) is 4.39 Å². The molecule has 1 fully saturated rings. The zero-order valence-electron chi connectivity index (χ0n) is 16.0. The number of hydrogen-bond acceptors (Lipinski definition) is 2. The Bertz CT molecular complexity index is 1090. The van der Waals surface area contributed by atoms with Crippen molar-refractivity contribution in [3.63, 3.8) is 0 Å². The van der Waals surface area contributed by atoms with Gasteiger partial charge in [-0.2, -0.15) is 0 Å². The van der Waals surface area contributed by atoms with E-state index in [1.807, 2.05) is 18.3 Å². The molecule has 0 amide bonds. The predicted molar refractivity (Wildman–Crippen MR) is 111 cm³/mol. The number of fused-ring (bicyclic) bond motifs is 2. The molecule has 4 heteroatoms. The number of benzene rings is 2. The standard InChI is InChI=1S/C24H24FN3/c1-15(24-27-22-4-2-3-5-23(22)28-24)16-6-8-17(9-7-16)19-12-13-26-21-11-10-18(25)14-20(19)21/h2-5,10-17H,6-9H2,1H3,(H,27,28)/t15-,16?,17?/m1/s1. The third kappa shape index (κ3) is 3.07. The van der Waals surface area contributed by atoms with Gasteiger partial charge in [-0.25, -0.2) is 9.37 Å². The molecule has 2 heterocycles. The minimum Gasteiger partial charge on any atom is -0.342 e. The van der Waals surface area contributed by atoms with Gasteiger partial charge in [-0.05, 0) is 79.5 Å². The van der Waals surface area contributed by atoms with E-state index in [-0.39, 0.29) is 5.82 Å². The Morgan fingerprint density at radius 1 is 1.00 bits per heavy atom. The van der Waals surface area contributed by atoms with Gasteiger partial charge in [0.25, 0.3) is 0 Å². The second kappa shape index (κ2) is 7.01. The number of imidazole rings is 1. The maximum atomic E-state index is 13.8. The molecule has 1 aliphatic carbocycles. The lowest BCUT2D eigenvalue weighted by Gasteiger charge is -2.32. The van der Waals surface area contributed by atoms with Crippen LogP contribution in [0.2, 0.25) is 0 Å². The van der Waals surface area contributed by atoms with Crippen LogP contribution in [0.5, 0.6) is 0 Å². The number of hydrogen-bond donors (Lipinski definition) is 1. The van der Waals surface area contributed by atoms with E-state index in [1.165, 1.54) is 24.5 Å². The Balaban J connectivity index is 1.34. The molecule has 3 nitrogen and oxygen atoms in total. The van der Waals surface area contributed by atoms with E-state index in [4.69, 9.17) is 4.98 Å². The number of nitrogens with zero attached hydrogens (tertiary/aromatic N) is 2. The van der Waals surface area contributed by atoms with Gasteiger partial charge in [0.15, 0.2) is 0 Å². The first-order chi connectivity index (χ1) is 13.7. The van der Waals surface area contributed by atoms with Crippen molar-refractivity contribution in [2.75, 3.05) is 0 Å². The zero-order valence-corrected chi connectivity index (χ0v) is 16.0. The number of rotatable bonds is 3. The quantitative estimate of drug-likeness (QED) is 0.456. The van der Waals surface area contributed by atoms with Crippen LogP contribution < -0.4 is 0 Å². The van der Waals surface area contributed by atoms with Gasteiger partial charge >= 0.3 is 0 Å². The lowest BCUT2D eigenvalue weighted by atomic mass is 9.73. The average Bonchev–Trinajstić information content (AvgIpc) is 3.17. The SMILES string of the molecule is C[C@@H](c1nc2ccccc2[nH]1)C1CCC(c2ccnc3ccc(F)cc23)CC1. The van der Waals surface area contributed by atoms with Crippen LogP contribution in [0.1, 0.15) is 55.8 Å². The molecule has 5 rings (SSSR count). The van der Waals surface area contributed by atoms with Crippen LogP contribution >= 0.6 is 0 Å². The highest BCUT2D eigenvalue weighted by Gasteiger charge is 2.29. The highest BCUT2D eigenvalue weighted by Crippen LogP contribution is 2.42. The third-order valence-electron chi connectivity index (χ3n) is 6.50. The number of para-hydroxylation sites is 2. The lowest BCUT2D eigenvalue weighted by molar-refractivity contribution is 0.286. The third-order valence-corrected chi connectivity index (χ3v) is 6.50. The Morgan fingerprint density at radius 2 is 1.82 bits per heavy atom. The summed E-state index contributed by atoms with van der Waals surface area (Å²) < 4.78 is 13.8. The molecule has 1 N–H and O–H groups in total. The molecule has 0 spiro atoms. The van der Waals surface area contributed by atoms with Crippen LogP contribution in [0.3, 0.4) is 0 Å². The first-order valence-electron chi connectivity index (χ1n) is 10.2. The molecular formula is C24H24FN3. The fraction of sp³-hybridized carbons (Fsp3) is 0.333. The average molecular weight is 373 g/mol. The first-order valence-corrected chi connectivity index (χ1v) is 10.2. The van der Waals surface area contributed by atoms with Crippen molar-refractivity contribution in [1.29, 1.82) is 0 Å². The normalized spacial score (nSPS) is 21.2. The van der Waals surface area contributed by atoms with Crippen molar-refractivity contribution >= 4 is 21.9 Å². The molecule has 4 aromatic rings. The van der Waals surface area contributed by atoms with E-state index in [9.17, 15) is 4.39 Å². The highest BCUT2D eigenvalue weighted by molar-refractivity contribution is 5.82. The van der Waals surface area contributed by atoms with Crippen molar-refractivity contribution in [3.05, 3.63) is 71.9 Å². The maximum Gasteiger partial charge on any atom is 0.123 e. The van der Waals surface area contributed by atoms with Gasteiger partial charge < -0.3 is 4.98 Å². The first kappa shape index (κ1) is 17.4. The van der Waals surface area contributed by atoms with Crippen molar-refractivity contribution in [1.82, 2.24) is 15.0 Å². The topological polar surface area (TPSA) is 41.6 Å². The summed E-state index contributed by atoms with van der Waals surface area (Å²) in [6.07, 6.45) is 6.46. The van der Waals surface area contributed by atoms with Gasteiger partial charge in [0, 0.05) is 17.5 Å². The second-order valence-corrected chi connectivity index (χ2v) is 8.10. The van der Waals surface area contributed by atoms with Crippen molar-refractivity contribution in [2.24, 2.45) is 5.92 Å². The number of nitrogens with one attached hydrogen (secondary N) is 1. The summed E-state index contributed by atoms with van der Waals surface area (Å²) in [6, 6.07) is 15.2.